The molecule has 0 saturated heterocycles. The molecule has 1 aromatic carbocycles. The number of para-hydroxylation sites is 1. The Bertz CT molecular complexity index is 490. The lowest BCUT2D eigenvalue weighted by atomic mass is 9.84. The molecule has 3 nitrogen and oxygen atoms in total. The highest BCUT2D eigenvalue weighted by Gasteiger charge is 2.24. The molecule has 0 aliphatic heterocycles. The van der Waals surface area contributed by atoms with Crippen molar-refractivity contribution in [3.05, 3.63) is 36.0 Å². The van der Waals surface area contributed by atoms with Gasteiger partial charge in [0.2, 0.25) is 0 Å². The highest BCUT2D eigenvalue weighted by molar-refractivity contribution is 6.14. The van der Waals surface area contributed by atoms with Crippen LogP contribution >= 0.6 is 0 Å². The third kappa shape index (κ3) is 1.99. The van der Waals surface area contributed by atoms with Gasteiger partial charge >= 0.3 is 0 Å². The van der Waals surface area contributed by atoms with Crippen LogP contribution in [-0.4, -0.2) is 42.6 Å². The Balaban J connectivity index is 2.35. The zero-order valence-electron chi connectivity index (χ0n) is 9.99. The van der Waals surface area contributed by atoms with Crippen molar-refractivity contribution in [2.24, 2.45) is 0 Å². The molecule has 0 amide bonds. The Labute approximate surface area is 96.5 Å². The summed E-state index contributed by atoms with van der Waals surface area (Å²) >= 11 is 0. The molecular weight excluding hydrogens is 199 g/mol. The molecule has 0 radical (unpaired) electrons. The largest absolute Gasteiger partial charge is 0.384 e. The average Bonchev–Trinajstić information content (AvgIpc) is 2.61. The van der Waals surface area contributed by atoms with Crippen LogP contribution in [0, 0.1) is 0 Å². The molecular formula is C12H17BN2O. The number of aromatic amines is 1. The molecule has 1 unspecified atom stereocenters. The average molecular weight is 216 g/mol. The number of fused-ring (bicyclic) bond motifs is 1. The summed E-state index contributed by atoms with van der Waals surface area (Å²) in [7, 11) is 5.60. The van der Waals surface area contributed by atoms with Crippen molar-refractivity contribution in [3.63, 3.8) is 0 Å². The van der Waals surface area contributed by atoms with E-state index in [0.717, 1.165) is 11.1 Å². The summed E-state index contributed by atoms with van der Waals surface area (Å²) < 4.78 is 0. The highest BCUT2D eigenvalue weighted by Crippen LogP contribution is 2.21. The molecule has 0 aliphatic rings. The molecule has 2 aromatic rings. The monoisotopic (exact) mass is 216 g/mol. The second-order valence-corrected chi connectivity index (χ2v) is 4.65. The number of aromatic nitrogens is 1. The summed E-state index contributed by atoms with van der Waals surface area (Å²) in [6.45, 7) is 0. The van der Waals surface area contributed by atoms with E-state index in [1.165, 1.54) is 5.39 Å². The second kappa shape index (κ2) is 3.96. The normalized spacial score (nSPS) is 15.5. The number of nitrogens with zero attached hydrogens (tertiary/aromatic N) is 1. The van der Waals surface area contributed by atoms with E-state index in [1.807, 2.05) is 51.2 Å². The molecule has 1 heterocycles. The molecule has 0 bridgehead atoms. The van der Waals surface area contributed by atoms with Gasteiger partial charge in [-0.1, -0.05) is 18.2 Å². The molecule has 0 saturated carbocycles. The summed E-state index contributed by atoms with van der Waals surface area (Å²) in [6, 6.07) is 8.15. The molecule has 0 spiro atoms. The predicted molar refractivity (Wildman–Crippen MR) is 69.2 cm³/mol. The third-order valence-electron chi connectivity index (χ3n) is 3.16. The lowest BCUT2D eigenvalue weighted by Gasteiger charge is -2.31. The van der Waals surface area contributed by atoms with E-state index < -0.39 is 5.62 Å². The lowest BCUT2D eigenvalue weighted by molar-refractivity contribution is -0.00339. The molecule has 16 heavy (non-hydrogen) atoms. The van der Waals surface area contributed by atoms with Crippen LogP contribution in [0.3, 0.4) is 0 Å². The molecule has 84 valence electrons. The number of likely N-dealkylation sites (N-methyl/N-ethyl adjacent to an activating group) is 1. The highest BCUT2D eigenvalue weighted by atomic mass is 16.3. The number of rotatable bonds is 3. The number of aliphatic hydroxyl groups is 1. The van der Waals surface area contributed by atoms with Gasteiger partial charge in [-0.2, -0.15) is 0 Å². The van der Waals surface area contributed by atoms with Gasteiger partial charge in [-0.15, -0.1) is 0 Å². The standard InChI is InChI=1S/C12H17BN2O/c1-15(2)12(13,16)7-9-8-14-11-6-4-3-5-10(9)11/h3-6,8,14,16H,7,13H2,1-2H3. The van der Waals surface area contributed by atoms with Gasteiger partial charge in [0.25, 0.3) is 0 Å². The van der Waals surface area contributed by atoms with Crippen LogP contribution in [0.1, 0.15) is 5.56 Å². The van der Waals surface area contributed by atoms with Crippen LogP contribution in [-0.2, 0) is 6.42 Å². The van der Waals surface area contributed by atoms with E-state index in [2.05, 4.69) is 11.1 Å². The number of H-pyrrole nitrogens is 1. The fourth-order valence-corrected chi connectivity index (χ4v) is 1.80. The van der Waals surface area contributed by atoms with Crippen molar-refractivity contribution in [2.45, 2.75) is 12.0 Å². The minimum Gasteiger partial charge on any atom is -0.384 e. The van der Waals surface area contributed by atoms with E-state index in [1.54, 1.807) is 0 Å². The third-order valence-corrected chi connectivity index (χ3v) is 3.16. The SMILES string of the molecule is BC(O)(Cc1c[nH]c2ccccc12)N(C)C. The summed E-state index contributed by atoms with van der Waals surface area (Å²) in [4.78, 5) is 5.05. The Kier molecular flexibility index (Phi) is 2.78. The first kappa shape index (κ1) is 11.2. The molecule has 2 rings (SSSR count). The van der Waals surface area contributed by atoms with E-state index in [4.69, 9.17) is 0 Å². The van der Waals surface area contributed by atoms with E-state index in [-0.39, 0.29) is 0 Å². The zero-order chi connectivity index (χ0) is 11.8. The number of benzene rings is 1. The van der Waals surface area contributed by atoms with Crippen LogP contribution in [0.15, 0.2) is 30.5 Å². The molecule has 4 heteroatoms. The fourth-order valence-electron chi connectivity index (χ4n) is 1.80. The first-order valence-corrected chi connectivity index (χ1v) is 5.45. The van der Waals surface area contributed by atoms with Crippen molar-refractivity contribution < 1.29 is 5.11 Å². The Hall–Kier alpha value is -1.26. The van der Waals surface area contributed by atoms with Crippen molar-refractivity contribution in [2.75, 3.05) is 14.1 Å². The molecule has 1 aromatic heterocycles. The van der Waals surface area contributed by atoms with Crippen molar-refractivity contribution in [1.29, 1.82) is 0 Å². The molecule has 1 atom stereocenters. The second-order valence-electron chi connectivity index (χ2n) is 4.65. The lowest BCUT2D eigenvalue weighted by Crippen LogP contribution is -2.46. The van der Waals surface area contributed by atoms with Gasteiger partial charge in [-0.3, -0.25) is 4.90 Å². The summed E-state index contributed by atoms with van der Waals surface area (Å²) in [5, 5.41) is 11.4. The quantitative estimate of drug-likeness (QED) is 0.581. The first-order valence-electron chi connectivity index (χ1n) is 5.45. The van der Waals surface area contributed by atoms with E-state index >= 15 is 0 Å². The maximum absolute atomic E-state index is 10.2. The first-order chi connectivity index (χ1) is 7.50. The van der Waals surface area contributed by atoms with Crippen LogP contribution in [0.5, 0.6) is 0 Å². The van der Waals surface area contributed by atoms with Crippen molar-refractivity contribution in [1.82, 2.24) is 9.88 Å². The van der Waals surface area contributed by atoms with Crippen LogP contribution in [0.2, 0.25) is 0 Å². The number of hydrogen-bond donors (Lipinski definition) is 2. The smallest absolute Gasteiger partial charge is 0.162 e. The predicted octanol–water partition coefficient (Wildman–Crippen LogP) is 0.551. The Morgan fingerprint density at radius 3 is 2.75 bits per heavy atom. The maximum atomic E-state index is 10.2. The van der Waals surface area contributed by atoms with Crippen LogP contribution in [0.25, 0.3) is 10.9 Å². The summed E-state index contributed by atoms with van der Waals surface area (Å²) in [5.41, 5.74) is 1.45. The van der Waals surface area contributed by atoms with Gasteiger partial charge < -0.3 is 10.1 Å². The number of nitrogens with one attached hydrogen (secondary N) is 1. The van der Waals surface area contributed by atoms with E-state index in [0.29, 0.717) is 6.42 Å². The maximum Gasteiger partial charge on any atom is 0.162 e. The van der Waals surface area contributed by atoms with Gasteiger partial charge in [0.15, 0.2) is 7.85 Å². The minimum absolute atomic E-state index is 0.615. The van der Waals surface area contributed by atoms with Gasteiger partial charge in [-0.25, -0.2) is 0 Å². The zero-order valence-corrected chi connectivity index (χ0v) is 9.99. The molecule has 2 N–H and O–H groups in total. The van der Waals surface area contributed by atoms with Crippen LogP contribution in [0.4, 0.5) is 0 Å². The van der Waals surface area contributed by atoms with Gasteiger partial charge in [-0.05, 0) is 25.7 Å². The Morgan fingerprint density at radius 2 is 2.06 bits per heavy atom. The van der Waals surface area contributed by atoms with E-state index in [9.17, 15) is 5.11 Å². The van der Waals surface area contributed by atoms with Crippen molar-refractivity contribution in [3.8, 4) is 0 Å². The van der Waals surface area contributed by atoms with Gasteiger partial charge in [0.05, 0.1) is 5.62 Å². The van der Waals surface area contributed by atoms with Crippen molar-refractivity contribution >= 4 is 18.7 Å². The van der Waals surface area contributed by atoms with Crippen LogP contribution < -0.4 is 0 Å². The summed E-state index contributed by atoms with van der Waals surface area (Å²) in [5.74, 6) is 0. The minimum atomic E-state index is -0.815. The number of hydrogen-bond acceptors (Lipinski definition) is 2. The van der Waals surface area contributed by atoms with Gasteiger partial charge in [0, 0.05) is 23.5 Å². The Morgan fingerprint density at radius 1 is 1.38 bits per heavy atom. The fraction of sp³-hybridized carbons (Fsp3) is 0.333. The topological polar surface area (TPSA) is 39.3 Å². The summed E-state index contributed by atoms with van der Waals surface area (Å²) in [6.07, 6.45) is 2.59. The molecule has 0 aliphatic carbocycles. The van der Waals surface area contributed by atoms with Gasteiger partial charge in [0.1, 0.15) is 0 Å². The molecule has 0 fully saturated rings.